The molecule has 0 saturated heterocycles. The SMILES string of the molecule is C=C(CCCOC(=C)C(C)(CC(C)(C)C)C(C)(C)C(C)(C)CC(C)(C(=O)CCCCN(CCCCCCNC)C(=O)CCC=O)C(C)(C)C)C(C)S.C=Cc1ccccc1C(C)=O. The molecule has 0 aliphatic rings. The van der Waals surface area contributed by atoms with E-state index in [4.69, 9.17) is 4.74 Å². The molecule has 0 aliphatic carbocycles. The van der Waals surface area contributed by atoms with Gasteiger partial charge in [0, 0.05) is 54.0 Å². The van der Waals surface area contributed by atoms with E-state index in [0.29, 0.717) is 31.9 Å². The van der Waals surface area contributed by atoms with Crippen LogP contribution in [0.25, 0.3) is 6.08 Å². The zero-order valence-corrected chi connectivity index (χ0v) is 44.0. The second kappa shape index (κ2) is 27.5. The lowest BCUT2D eigenvalue weighted by Crippen LogP contribution is -2.53. The summed E-state index contributed by atoms with van der Waals surface area (Å²) in [6.45, 7) is 46.2. The zero-order valence-electron chi connectivity index (χ0n) is 43.1. The van der Waals surface area contributed by atoms with Crippen molar-refractivity contribution in [3.05, 3.63) is 66.5 Å². The number of nitrogens with zero attached hydrogens (tertiary/aromatic N) is 1. The number of allylic oxidation sites excluding steroid dienone is 1. The summed E-state index contributed by atoms with van der Waals surface area (Å²) in [5.41, 5.74) is 1.05. The maximum atomic E-state index is 14.4. The normalized spacial score (nSPS) is 14.5. The van der Waals surface area contributed by atoms with Gasteiger partial charge in [-0.1, -0.05) is 152 Å². The van der Waals surface area contributed by atoms with E-state index in [1.165, 1.54) is 0 Å². The molecule has 0 radical (unpaired) electrons. The van der Waals surface area contributed by atoms with Crippen molar-refractivity contribution in [1.82, 2.24) is 10.2 Å². The molecule has 0 aromatic heterocycles. The third kappa shape index (κ3) is 19.6. The zero-order chi connectivity index (χ0) is 48.9. The fourth-order valence-corrected chi connectivity index (χ4v) is 8.87. The highest BCUT2D eigenvalue weighted by atomic mass is 32.1. The van der Waals surface area contributed by atoms with Crippen LogP contribution in [0.1, 0.15) is 196 Å². The fourth-order valence-electron chi connectivity index (χ4n) is 8.74. The van der Waals surface area contributed by atoms with Crippen LogP contribution in [0.5, 0.6) is 0 Å². The molecule has 3 atom stereocenters. The number of amides is 1. The van der Waals surface area contributed by atoms with Crippen molar-refractivity contribution >= 4 is 42.5 Å². The van der Waals surface area contributed by atoms with E-state index in [-0.39, 0.29) is 56.9 Å². The highest BCUT2D eigenvalue weighted by Gasteiger charge is 2.57. The summed E-state index contributed by atoms with van der Waals surface area (Å²) < 4.78 is 6.50. The summed E-state index contributed by atoms with van der Waals surface area (Å²) in [4.78, 5) is 51.3. The molecule has 1 aromatic rings. The number of ketones is 2. The monoisotopic (exact) mass is 895 g/mol. The summed E-state index contributed by atoms with van der Waals surface area (Å²) in [6.07, 6.45) is 12.7. The Balaban J connectivity index is 0.00000301. The van der Waals surface area contributed by atoms with Crippen LogP contribution in [0.15, 0.2) is 55.3 Å². The molecule has 0 bridgehead atoms. The number of Topliss-reactive ketones (excluding diaryl/α,β-unsaturated/α-hetero) is 2. The van der Waals surface area contributed by atoms with Gasteiger partial charge in [0.05, 0.1) is 12.4 Å². The number of ether oxygens (including phenoxy) is 1. The Morgan fingerprint density at radius 2 is 1.37 bits per heavy atom. The predicted molar refractivity (Wildman–Crippen MR) is 274 cm³/mol. The number of rotatable bonds is 30. The van der Waals surface area contributed by atoms with Crippen LogP contribution in [0.2, 0.25) is 0 Å². The quantitative estimate of drug-likeness (QED) is 0.0200. The van der Waals surface area contributed by atoms with E-state index in [0.717, 1.165) is 99.5 Å². The number of aldehydes is 1. The van der Waals surface area contributed by atoms with Gasteiger partial charge in [0.1, 0.15) is 12.1 Å². The first-order valence-electron chi connectivity index (χ1n) is 23.8. The first-order chi connectivity index (χ1) is 29.0. The van der Waals surface area contributed by atoms with Crippen LogP contribution in [-0.2, 0) is 19.1 Å². The minimum absolute atomic E-state index is 0.0301. The topological polar surface area (TPSA) is 92.8 Å². The second-order valence-corrected chi connectivity index (χ2v) is 22.7. The Morgan fingerprint density at radius 1 is 0.794 bits per heavy atom. The molecule has 0 fully saturated rings. The van der Waals surface area contributed by atoms with E-state index < -0.39 is 5.41 Å². The van der Waals surface area contributed by atoms with Crippen molar-refractivity contribution in [1.29, 1.82) is 0 Å². The molecule has 0 spiro atoms. The summed E-state index contributed by atoms with van der Waals surface area (Å²) in [5, 5.41) is 3.35. The lowest BCUT2D eigenvalue weighted by Gasteiger charge is -2.58. The largest absolute Gasteiger partial charge is 0.498 e. The number of unbranched alkanes of at least 4 members (excludes halogenated alkanes) is 4. The highest BCUT2D eigenvalue weighted by molar-refractivity contribution is 7.81. The van der Waals surface area contributed by atoms with E-state index >= 15 is 0 Å². The number of hydrogen-bond donors (Lipinski definition) is 2. The lowest BCUT2D eigenvalue weighted by molar-refractivity contribution is -0.143. The number of carbonyl (C=O) groups is 4. The van der Waals surface area contributed by atoms with Gasteiger partial charge < -0.3 is 19.7 Å². The van der Waals surface area contributed by atoms with Crippen molar-refractivity contribution in [3.63, 3.8) is 0 Å². The summed E-state index contributed by atoms with van der Waals surface area (Å²) in [6, 6.07) is 7.43. The molecule has 63 heavy (non-hydrogen) atoms. The first-order valence-corrected chi connectivity index (χ1v) is 24.3. The predicted octanol–water partition coefficient (Wildman–Crippen LogP) is 14.0. The van der Waals surface area contributed by atoms with Crippen molar-refractivity contribution in [2.24, 2.45) is 32.5 Å². The van der Waals surface area contributed by atoms with Crippen LogP contribution in [0, 0.1) is 32.5 Å². The number of hydrogen-bond acceptors (Lipinski definition) is 7. The molecule has 1 amide bonds. The third-order valence-corrected chi connectivity index (χ3v) is 14.6. The molecular formula is C55H94N2O5S. The Bertz CT molecular complexity index is 1610. The van der Waals surface area contributed by atoms with Crippen LogP contribution in [-0.4, -0.2) is 67.2 Å². The molecule has 0 aliphatic heterocycles. The van der Waals surface area contributed by atoms with E-state index in [2.05, 4.69) is 128 Å². The Labute approximate surface area is 392 Å². The standard InChI is InChI=1S/C45H84N2O4S.C10H10O/c1-35(36(2)52)25-24-32-51-37(3)44(14,33-40(4,5)6)43(12,13)42(10,11)34-45(15,41(7,8)9)38(49)26-19-22-30-47(39(50)27-23-31-48)29-21-18-17-20-28-46-16;1-3-9-6-4-5-7-10(9)8(2)11/h31,36,46,52H,1,3,17-30,32-34H2,2,4-16H3;3-7H,1H2,2H3. The van der Waals surface area contributed by atoms with E-state index in [1.807, 2.05) is 30.1 Å². The number of thiol groups is 1. The summed E-state index contributed by atoms with van der Waals surface area (Å²) in [5.74, 6) is 1.23. The molecule has 8 heteroatoms. The van der Waals surface area contributed by atoms with E-state index in [1.54, 1.807) is 19.1 Å². The van der Waals surface area contributed by atoms with Gasteiger partial charge in [0.2, 0.25) is 5.91 Å². The van der Waals surface area contributed by atoms with Gasteiger partial charge >= 0.3 is 0 Å². The lowest BCUT2D eigenvalue weighted by atomic mass is 9.46. The van der Waals surface area contributed by atoms with Crippen LogP contribution >= 0.6 is 12.6 Å². The van der Waals surface area contributed by atoms with Gasteiger partial charge in [-0.3, -0.25) is 14.4 Å². The molecule has 360 valence electrons. The molecule has 7 nitrogen and oxygen atoms in total. The Kier molecular flexibility index (Phi) is 26.2. The van der Waals surface area contributed by atoms with Gasteiger partial charge in [-0.05, 0) is 106 Å². The maximum Gasteiger partial charge on any atom is 0.222 e. The van der Waals surface area contributed by atoms with Crippen LogP contribution in [0.3, 0.4) is 0 Å². The minimum atomic E-state index is -0.574. The molecule has 0 saturated carbocycles. The summed E-state index contributed by atoms with van der Waals surface area (Å²) >= 11 is 4.53. The molecule has 1 rings (SSSR count). The first kappa shape index (κ1) is 60.0. The molecule has 1 aromatic carbocycles. The van der Waals surface area contributed by atoms with Gasteiger partial charge in [-0.25, -0.2) is 0 Å². The van der Waals surface area contributed by atoms with Crippen molar-refractivity contribution < 1.29 is 23.9 Å². The van der Waals surface area contributed by atoms with Gasteiger partial charge in [-0.2, -0.15) is 12.6 Å². The minimum Gasteiger partial charge on any atom is -0.498 e. The Morgan fingerprint density at radius 3 is 1.86 bits per heavy atom. The van der Waals surface area contributed by atoms with Gasteiger partial charge in [0.25, 0.3) is 0 Å². The highest BCUT2D eigenvalue weighted by Crippen LogP contribution is 2.63. The number of benzene rings is 1. The molecular weight excluding hydrogens is 801 g/mol. The molecule has 3 unspecified atom stereocenters. The van der Waals surface area contributed by atoms with Crippen LogP contribution in [0.4, 0.5) is 0 Å². The molecule has 1 N–H and O–H groups in total. The Hall–Kier alpha value is -2.97. The van der Waals surface area contributed by atoms with Crippen molar-refractivity contribution in [3.8, 4) is 0 Å². The van der Waals surface area contributed by atoms with E-state index in [9.17, 15) is 19.2 Å². The third-order valence-electron chi connectivity index (χ3n) is 14.2. The summed E-state index contributed by atoms with van der Waals surface area (Å²) in [7, 11) is 1.97. The number of nitrogens with one attached hydrogen (secondary N) is 1. The smallest absolute Gasteiger partial charge is 0.222 e. The van der Waals surface area contributed by atoms with Crippen molar-refractivity contribution in [2.75, 3.05) is 33.3 Å². The maximum absolute atomic E-state index is 14.4. The average Bonchev–Trinajstić information content (AvgIpc) is 3.18. The second-order valence-electron chi connectivity index (χ2n) is 21.9. The van der Waals surface area contributed by atoms with Crippen molar-refractivity contribution in [2.45, 2.75) is 186 Å². The van der Waals surface area contributed by atoms with Gasteiger partial charge in [0.15, 0.2) is 5.78 Å². The fraction of sp³-hybridized carbons (Fsp3) is 0.709. The average molecular weight is 895 g/mol. The molecule has 0 heterocycles. The van der Waals surface area contributed by atoms with Crippen LogP contribution < -0.4 is 5.32 Å². The van der Waals surface area contributed by atoms with Gasteiger partial charge in [-0.15, -0.1) is 0 Å². The number of carbonyl (C=O) groups excluding carboxylic acids is 4.